The van der Waals surface area contributed by atoms with Crippen LogP contribution in [0.3, 0.4) is 0 Å². The van der Waals surface area contributed by atoms with Gasteiger partial charge in [-0.05, 0) is 26.2 Å². The van der Waals surface area contributed by atoms with E-state index in [2.05, 4.69) is 0 Å². The molecule has 0 aromatic carbocycles. The van der Waals surface area contributed by atoms with Crippen molar-refractivity contribution >= 4 is 11.9 Å². The molecule has 1 unspecified atom stereocenters. The Morgan fingerprint density at radius 1 is 1.29 bits per heavy atom. The monoisotopic (exact) mass is 247 g/mol. The molecule has 0 spiro atoms. The zero-order chi connectivity index (χ0) is 13.3. The van der Waals surface area contributed by atoms with Crippen LogP contribution in [0.1, 0.15) is 46.0 Å². The number of hydrogen-bond acceptors (Lipinski definition) is 2. The van der Waals surface area contributed by atoms with Crippen molar-refractivity contribution in [2.24, 2.45) is 0 Å². The zero-order valence-electron chi connectivity index (χ0n) is 10.6. The molecule has 0 bridgehead atoms. The van der Waals surface area contributed by atoms with E-state index in [1.54, 1.807) is 6.92 Å². The fourth-order valence-corrected chi connectivity index (χ4v) is 1.63. The number of halogens is 1. The Bertz CT molecular complexity index is 246. The minimum atomic E-state index is -1.02. The molecule has 1 N–H and O–H groups in total. The third-order valence-electron chi connectivity index (χ3n) is 2.57. The van der Waals surface area contributed by atoms with Gasteiger partial charge in [0.05, 0.1) is 0 Å². The molecule has 0 radical (unpaired) electrons. The predicted molar refractivity (Wildman–Crippen MR) is 63.5 cm³/mol. The number of rotatable bonds is 9. The number of carboxylic acid groups (broad SMARTS) is 1. The molecule has 0 fully saturated rings. The van der Waals surface area contributed by atoms with Crippen LogP contribution in [0.4, 0.5) is 4.39 Å². The van der Waals surface area contributed by atoms with E-state index in [1.807, 2.05) is 6.92 Å². The van der Waals surface area contributed by atoms with E-state index in [4.69, 9.17) is 5.11 Å². The van der Waals surface area contributed by atoms with Gasteiger partial charge in [0, 0.05) is 13.0 Å². The average Bonchev–Trinajstić information content (AvgIpc) is 2.25. The van der Waals surface area contributed by atoms with Crippen molar-refractivity contribution in [3.05, 3.63) is 0 Å². The van der Waals surface area contributed by atoms with Gasteiger partial charge in [-0.25, -0.2) is 4.39 Å². The Hall–Kier alpha value is -1.13. The molecule has 1 atom stereocenters. The van der Waals surface area contributed by atoms with Crippen molar-refractivity contribution in [3.8, 4) is 0 Å². The first-order chi connectivity index (χ1) is 8.01. The third-order valence-corrected chi connectivity index (χ3v) is 2.57. The molecule has 17 heavy (non-hydrogen) atoms. The first kappa shape index (κ1) is 15.9. The van der Waals surface area contributed by atoms with Crippen LogP contribution in [0.2, 0.25) is 0 Å². The normalized spacial score (nSPS) is 12.2. The summed E-state index contributed by atoms with van der Waals surface area (Å²) in [6, 6.07) is 0. The fraction of sp³-hybridized carbons (Fsp3) is 0.833. The summed E-state index contributed by atoms with van der Waals surface area (Å²) in [6.45, 7) is 3.75. The Morgan fingerprint density at radius 2 is 1.94 bits per heavy atom. The zero-order valence-corrected chi connectivity index (χ0v) is 10.6. The van der Waals surface area contributed by atoms with Crippen molar-refractivity contribution in [2.45, 2.75) is 52.1 Å². The van der Waals surface area contributed by atoms with Gasteiger partial charge in [-0.1, -0.05) is 13.3 Å². The van der Waals surface area contributed by atoms with Gasteiger partial charge in [0.25, 0.3) is 0 Å². The van der Waals surface area contributed by atoms with Gasteiger partial charge < -0.3 is 10.0 Å². The van der Waals surface area contributed by atoms with E-state index in [0.717, 1.165) is 6.42 Å². The van der Waals surface area contributed by atoms with Crippen LogP contribution in [0.5, 0.6) is 0 Å². The Labute approximate surface area is 102 Å². The Morgan fingerprint density at radius 3 is 2.41 bits per heavy atom. The van der Waals surface area contributed by atoms with Crippen molar-refractivity contribution < 1.29 is 19.1 Å². The molecule has 0 aliphatic carbocycles. The van der Waals surface area contributed by atoms with Crippen LogP contribution in [0, 0.1) is 0 Å². The van der Waals surface area contributed by atoms with Crippen LogP contribution >= 0.6 is 0 Å². The average molecular weight is 247 g/mol. The van der Waals surface area contributed by atoms with Crippen LogP contribution in [-0.2, 0) is 9.59 Å². The van der Waals surface area contributed by atoms with Crippen molar-refractivity contribution in [1.29, 1.82) is 0 Å². The first-order valence-corrected chi connectivity index (χ1v) is 6.14. The second-order valence-electron chi connectivity index (χ2n) is 4.08. The molecule has 0 aliphatic heterocycles. The van der Waals surface area contributed by atoms with E-state index < -0.39 is 12.1 Å². The molecule has 0 saturated carbocycles. The molecule has 5 heteroatoms. The maximum Gasteiger partial charge on any atom is 0.323 e. The van der Waals surface area contributed by atoms with E-state index in [-0.39, 0.29) is 18.9 Å². The molecule has 100 valence electrons. The molecule has 0 heterocycles. The van der Waals surface area contributed by atoms with Gasteiger partial charge in [-0.2, -0.15) is 0 Å². The molecule has 0 aromatic heterocycles. The van der Waals surface area contributed by atoms with Gasteiger partial charge in [0.1, 0.15) is 12.7 Å². The fourth-order valence-electron chi connectivity index (χ4n) is 1.63. The lowest BCUT2D eigenvalue weighted by Gasteiger charge is -2.18. The number of amides is 1. The van der Waals surface area contributed by atoms with Gasteiger partial charge in [0.15, 0.2) is 0 Å². The highest BCUT2D eigenvalue weighted by Crippen LogP contribution is 2.11. The molecule has 0 aliphatic rings. The van der Waals surface area contributed by atoms with Crippen molar-refractivity contribution in [2.75, 3.05) is 13.1 Å². The first-order valence-electron chi connectivity index (χ1n) is 6.14. The maximum atomic E-state index is 13.1. The maximum absolute atomic E-state index is 13.1. The summed E-state index contributed by atoms with van der Waals surface area (Å²) in [7, 11) is 0. The highest BCUT2D eigenvalue weighted by Gasteiger charge is 2.15. The number of likely N-dealkylation sites (N-methyl/N-ethyl adjacent to an activating group) is 1. The second kappa shape index (κ2) is 8.96. The molecule has 0 aromatic rings. The van der Waals surface area contributed by atoms with Gasteiger partial charge >= 0.3 is 5.97 Å². The van der Waals surface area contributed by atoms with E-state index in [1.165, 1.54) is 4.90 Å². The summed E-state index contributed by atoms with van der Waals surface area (Å²) in [5, 5.41) is 8.59. The standard InChI is InChI=1S/C12H22FNO3/c1-3-6-10(13)7-5-8-11(15)14(4-2)9-12(16)17/h10H,3-9H2,1-2H3,(H,16,17). The number of hydrogen-bond donors (Lipinski definition) is 1. The van der Waals surface area contributed by atoms with Crippen molar-refractivity contribution in [3.63, 3.8) is 0 Å². The SMILES string of the molecule is CCCC(F)CCCC(=O)N(CC)CC(=O)O. The van der Waals surface area contributed by atoms with Gasteiger partial charge in [0.2, 0.25) is 5.91 Å². The Balaban J connectivity index is 3.86. The van der Waals surface area contributed by atoms with E-state index in [0.29, 0.717) is 25.8 Å². The number of alkyl halides is 1. The molecular weight excluding hydrogens is 225 g/mol. The van der Waals surface area contributed by atoms with Crippen LogP contribution in [0.15, 0.2) is 0 Å². The van der Waals surface area contributed by atoms with Crippen LogP contribution in [0.25, 0.3) is 0 Å². The topological polar surface area (TPSA) is 57.6 Å². The number of nitrogens with zero attached hydrogens (tertiary/aromatic N) is 1. The number of carbonyl (C=O) groups is 2. The van der Waals surface area contributed by atoms with Crippen molar-refractivity contribution in [1.82, 2.24) is 4.90 Å². The quantitative estimate of drug-likeness (QED) is 0.679. The van der Waals surface area contributed by atoms with E-state index >= 15 is 0 Å². The minimum absolute atomic E-state index is 0.210. The molecule has 0 rings (SSSR count). The summed E-state index contributed by atoms with van der Waals surface area (Å²) in [6.07, 6.45) is 1.57. The summed E-state index contributed by atoms with van der Waals surface area (Å²) in [4.78, 5) is 23.3. The molecule has 0 saturated heterocycles. The Kier molecular flexibility index (Phi) is 8.36. The molecule has 1 amide bonds. The smallest absolute Gasteiger partial charge is 0.323 e. The van der Waals surface area contributed by atoms with Gasteiger partial charge in [-0.15, -0.1) is 0 Å². The highest BCUT2D eigenvalue weighted by molar-refractivity contribution is 5.81. The summed E-state index contributed by atoms with van der Waals surface area (Å²) in [5.74, 6) is -1.23. The van der Waals surface area contributed by atoms with E-state index in [9.17, 15) is 14.0 Å². The lowest BCUT2D eigenvalue weighted by Crippen LogP contribution is -2.35. The molecular formula is C12H22FNO3. The number of carboxylic acids is 1. The summed E-state index contributed by atoms with van der Waals surface area (Å²) < 4.78 is 13.1. The largest absolute Gasteiger partial charge is 0.480 e. The third kappa shape index (κ3) is 7.71. The summed E-state index contributed by atoms with van der Waals surface area (Å²) >= 11 is 0. The van der Waals surface area contributed by atoms with Crippen LogP contribution in [-0.4, -0.2) is 41.1 Å². The van der Waals surface area contributed by atoms with Crippen LogP contribution < -0.4 is 0 Å². The van der Waals surface area contributed by atoms with Gasteiger partial charge in [-0.3, -0.25) is 9.59 Å². The highest BCUT2D eigenvalue weighted by atomic mass is 19.1. The lowest BCUT2D eigenvalue weighted by molar-refractivity contribution is -0.144. The number of carbonyl (C=O) groups excluding carboxylic acids is 1. The molecule has 4 nitrogen and oxygen atoms in total. The summed E-state index contributed by atoms with van der Waals surface area (Å²) in [5.41, 5.74) is 0. The predicted octanol–water partition coefficient (Wildman–Crippen LogP) is 2.23. The second-order valence-corrected chi connectivity index (χ2v) is 4.08. The number of aliphatic carboxylic acids is 1. The lowest BCUT2D eigenvalue weighted by atomic mass is 10.1. The minimum Gasteiger partial charge on any atom is -0.480 e.